The number of likely N-dealkylation sites (tertiary alicyclic amines) is 1. The fourth-order valence-electron chi connectivity index (χ4n) is 2.15. The molecule has 88 valence electrons. The highest BCUT2D eigenvalue weighted by Crippen LogP contribution is 2.39. The number of methoxy groups -OCH3 is 1. The van der Waals surface area contributed by atoms with Gasteiger partial charge < -0.3 is 9.64 Å². The summed E-state index contributed by atoms with van der Waals surface area (Å²) in [4.78, 5) is 13.7. The van der Waals surface area contributed by atoms with Crippen molar-refractivity contribution in [3.8, 4) is 0 Å². The third-order valence-corrected chi connectivity index (χ3v) is 4.48. The lowest BCUT2D eigenvalue weighted by Gasteiger charge is -2.54. The lowest BCUT2D eigenvalue weighted by molar-refractivity contribution is -0.184. The molecule has 1 amide bonds. The average molecular weight is 278 g/mol. The molecule has 4 heteroatoms. The number of hydrogen-bond donors (Lipinski definition) is 0. The molecule has 0 radical (unpaired) electrons. The fourth-order valence-corrected chi connectivity index (χ4v) is 2.49. The van der Waals surface area contributed by atoms with Crippen LogP contribution in [0.4, 0.5) is 0 Å². The Bertz CT molecular complexity index is 253. The molecule has 1 aliphatic rings. The number of carbonyl (C=O) groups is 1. The second-order valence-corrected chi connectivity index (χ2v) is 5.62. The monoisotopic (exact) mass is 277 g/mol. The van der Waals surface area contributed by atoms with Crippen LogP contribution < -0.4 is 0 Å². The number of nitrogens with zero attached hydrogens (tertiary/aromatic N) is 1. The number of alkyl halides is 1. The normalized spacial score (nSPS) is 27.1. The number of β-lactam (4-membered cyclic amide) rings is 1. The van der Waals surface area contributed by atoms with Crippen LogP contribution in [0, 0.1) is 5.41 Å². The summed E-state index contributed by atoms with van der Waals surface area (Å²) in [5.74, 6) is 0.117. The zero-order valence-corrected chi connectivity index (χ0v) is 11.7. The molecule has 0 N–H and O–H groups in total. The Morgan fingerprint density at radius 1 is 1.53 bits per heavy atom. The molecule has 0 saturated carbocycles. The van der Waals surface area contributed by atoms with Gasteiger partial charge in [-0.05, 0) is 19.3 Å². The Labute approximate surface area is 100 Å². The van der Waals surface area contributed by atoms with Crippen molar-refractivity contribution in [2.45, 2.75) is 45.9 Å². The lowest BCUT2D eigenvalue weighted by atomic mass is 9.76. The topological polar surface area (TPSA) is 29.5 Å². The third kappa shape index (κ3) is 2.07. The Balaban J connectivity index is 2.88. The molecule has 1 heterocycles. The zero-order chi connectivity index (χ0) is 11.8. The maximum absolute atomic E-state index is 11.8. The van der Waals surface area contributed by atoms with E-state index in [1.807, 2.05) is 18.7 Å². The van der Waals surface area contributed by atoms with Crippen molar-refractivity contribution < 1.29 is 9.53 Å². The van der Waals surface area contributed by atoms with Gasteiger partial charge in [-0.15, -0.1) is 0 Å². The molecular formula is C11H20BrNO2. The Hall–Kier alpha value is -0.0900. The van der Waals surface area contributed by atoms with Crippen LogP contribution in [0.2, 0.25) is 0 Å². The summed E-state index contributed by atoms with van der Waals surface area (Å²) in [6.07, 6.45) is -0.264. The SMILES string of the molecule is CO[C@@H]1C(=O)N(C(C)C)[C@@H]1C(C)(C)CBr. The highest BCUT2D eigenvalue weighted by Gasteiger charge is 2.55. The Morgan fingerprint density at radius 3 is 2.40 bits per heavy atom. The molecule has 15 heavy (non-hydrogen) atoms. The Kier molecular flexibility index (Phi) is 3.82. The van der Waals surface area contributed by atoms with Crippen LogP contribution in [0.1, 0.15) is 27.7 Å². The number of hydrogen-bond acceptors (Lipinski definition) is 2. The number of rotatable bonds is 4. The summed E-state index contributed by atoms with van der Waals surface area (Å²) < 4.78 is 5.27. The molecule has 0 spiro atoms. The maximum atomic E-state index is 11.8. The molecule has 0 aliphatic carbocycles. The highest BCUT2D eigenvalue weighted by molar-refractivity contribution is 9.09. The molecule has 0 bridgehead atoms. The molecule has 3 nitrogen and oxygen atoms in total. The van der Waals surface area contributed by atoms with E-state index in [2.05, 4.69) is 29.8 Å². The number of carbonyl (C=O) groups excluding carboxylic acids is 1. The first kappa shape index (κ1) is 13.0. The van der Waals surface area contributed by atoms with Gasteiger partial charge >= 0.3 is 0 Å². The molecule has 1 fully saturated rings. The fraction of sp³-hybridized carbons (Fsp3) is 0.909. The van der Waals surface area contributed by atoms with E-state index >= 15 is 0 Å². The summed E-state index contributed by atoms with van der Waals surface area (Å²) in [5.41, 5.74) is 0.0405. The van der Waals surface area contributed by atoms with Gasteiger partial charge in [-0.3, -0.25) is 4.79 Å². The number of halogens is 1. The van der Waals surface area contributed by atoms with Crippen LogP contribution in [0.5, 0.6) is 0 Å². The molecule has 0 aromatic heterocycles. The first-order valence-corrected chi connectivity index (χ1v) is 6.40. The number of amides is 1. The third-order valence-electron chi connectivity index (χ3n) is 3.04. The summed E-state index contributed by atoms with van der Waals surface area (Å²) in [6, 6.07) is 0.418. The quantitative estimate of drug-likeness (QED) is 0.582. The summed E-state index contributed by atoms with van der Waals surface area (Å²) in [7, 11) is 1.61. The van der Waals surface area contributed by atoms with Gasteiger partial charge in [0.25, 0.3) is 5.91 Å². The van der Waals surface area contributed by atoms with Gasteiger partial charge in [0.15, 0.2) is 6.10 Å². The maximum Gasteiger partial charge on any atom is 0.254 e. The van der Waals surface area contributed by atoms with E-state index in [0.717, 1.165) is 5.33 Å². The van der Waals surface area contributed by atoms with Gasteiger partial charge in [-0.25, -0.2) is 0 Å². The van der Waals surface area contributed by atoms with Gasteiger partial charge in [0.05, 0.1) is 6.04 Å². The minimum absolute atomic E-state index is 0.0405. The second kappa shape index (κ2) is 4.42. The van der Waals surface area contributed by atoms with E-state index in [9.17, 15) is 4.79 Å². The van der Waals surface area contributed by atoms with Gasteiger partial charge in [-0.2, -0.15) is 0 Å². The second-order valence-electron chi connectivity index (χ2n) is 5.06. The molecule has 0 unspecified atom stereocenters. The Morgan fingerprint density at radius 2 is 2.07 bits per heavy atom. The molecule has 1 rings (SSSR count). The van der Waals surface area contributed by atoms with Crippen molar-refractivity contribution in [1.82, 2.24) is 4.90 Å². The highest BCUT2D eigenvalue weighted by atomic mass is 79.9. The van der Waals surface area contributed by atoms with Crippen LogP contribution >= 0.6 is 15.9 Å². The van der Waals surface area contributed by atoms with Crippen molar-refractivity contribution in [3.05, 3.63) is 0 Å². The molecule has 0 aromatic rings. The lowest BCUT2D eigenvalue weighted by Crippen LogP contribution is -2.72. The summed E-state index contributed by atoms with van der Waals surface area (Å²) >= 11 is 3.51. The van der Waals surface area contributed by atoms with Crippen molar-refractivity contribution >= 4 is 21.8 Å². The van der Waals surface area contributed by atoms with Crippen LogP contribution in [-0.2, 0) is 9.53 Å². The first-order valence-electron chi connectivity index (χ1n) is 5.27. The summed E-state index contributed by atoms with van der Waals surface area (Å²) in [5, 5.41) is 0.862. The predicted molar refractivity (Wildman–Crippen MR) is 64.1 cm³/mol. The number of ether oxygens (including phenoxy) is 1. The van der Waals surface area contributed by atoms with Gasteiger partial charge in [-0.1, -0.05) is 29.8 Å². The van der Waals surface area contributed by atoms with E-state index in [0.29, 0.717) is 0 Å². The zero-order valence-electron chi connectivity index (χ0n) is 10.1. The first-order chi connectivity index (χ1) is 6.86. The van der Waals surface area contributed by atoms with Crippen LogP contribution in [0.25, 0.3) is 0 Å². The minimum atomic E-state index is -0.264. The van der Waals surface area contributed by atoms with Crippen molar-refractivity contribution in [2.75, 3.05) is 12.4 Å². The van der Waals surface area contributed by atoms with Gasteiger partial charge in [0.2, 0.25) is 0 Å². The average Bonchev–Trinajstić information content (AvgIpc) is 2.14. The van der Waals surface area contributed by atoms with E-state index in [4.69, 9.17) is 4.74 Å². The van der Waals surface area contributed by atoms with Gasteiger partial charge in [0.1, 0.15) is 0 Å². The van der Waals surface area contributed by atoms with Crippen molar-refractivity contribution in [2.24, 2.45) is 5.41 Å². The minimum Gasteiger partial charge on any atom is -0.369 e. The molecule has 1 aliphatic heterocycles. The molecular weight excluding hydrogens is 258 g/mol. The van der Waals surface area contributed by atoms with E-state index < -0.39 is 0 Å². The molecule has 1 saturated heterocycles. The van der Waals surface area contributed by atoms with Crippen LogP contribution in [0.15, 0.2) is 0 Å². The van der Waals surface area contributed by atoms with E-state index in [1.54, 1.807) is 7.11 Å². The van der Waals surface area contributed by atoms with Crippen molar-refractivity contribution in [1.29, 1.82) is 0 Å². The smallest absolute Gasteiger partial charge is 0.254 e. The molecule has 0 aromatic carbocycles. The van der Waals surface area contributed by atoms with Crippen LogP contribution in [-0.4, -0.2) is 41.4 Å². The largest absolute Gasteiger partial charge is 0.369 e. The van der Waals surface area contributed by atoms with Crippen molar-refractivity contribution in [3.63, 3.8) is 0 Å². The standard InChI is InChI=1S/C11H20BrNO2/c1-7(2)13-9(11(3,4)6-12)8(15-5)10(13)14/h7-9H,6H2,1-5H3/t8-,9-/m0/s1. The van der Waals surface area contributed by atoms with E-state index in [1.165, 1.54) is 0 Å². The molecule has 2 atom stereocenters. The summed E-state index contributed by atoms with van der Waals surface area (Å²) in [6.45, 7) is 8.39. The predicted octanol–water partition coefficient (Wildman–Crippen LogP) is 2.04. The van der Waals surface area contributed by atoms with Crippen LogP contribution in [0.3, 0.4) is 0 Å². The van der Waals surface area contributed by atoms with Gasteiger partial charge in [0, 0.05) is 18.5 Å². The van der Waals surface area contributed by atoms with E-state index in [-0.39, 0.29) is 29.5 Å².